The number of hydrogen-bond acceptors (Lipinski definition) is 3. The molecule has 0 spiro atoms. The maximum absolute atomic E-state index is 13.7. The van der Waals surface area contributed by atoms with Crippen molar-refractivity contribution in [2.45, 2.75) is 37.6 Å². The first-order valence-corrected chi connectivity index (χ1v) is 7.69. The molecule has 0 radical (unpaired) electrons. The van der Waals surface area contributed by atoms with Crippen LogP contribution in [0.2, 0.25) is 0 Å². The van der Waals surface area contributed by atoms with Crippen molar-refractivity contribution in [1.29, 1.82) is 0 Å². The predicted molar refractivity (Wildman–Crippen MR) is 73.7 cm³/mol. The van der Waals surface area contributed by atoms with E-state index in [0.29, 0.717) is 13.0 Å². The molecule has 1 aromatic rings. The maximum Gasteiger partial charge on any atom is 0.246 e. The van der Waals surface area contributed by atoms with Crippen LogP contribution in [0.15, 0.2) is 29.2 Å². The number of nitrogens with zero attached hydrogens (tertiary/aromatic N) is 1. The number of benzene rings is 1. The van der Waals surface area contributed by atoms with Crippen LogP contribution >= 0.6 is 0 Å². The summed E-state index contributed by atoms with van der Waals surface area (Å²) in [7, 11) is -3.89. The molecule has 1 rings (SSSR count). The summed E-state index contributed by atoms with van der Waals surface area (Å²) >= 11 is 0. The first kappa shape index (κ1) is 16.1. The van der Waals surface area contributed by atoms with Crippen molar-refractivity contribution in [3.05, 3.63) is 30.1 Å². The highest BCUT2D eigenvalue weighted by Crippen LogP contribution is 2.26. The molecule has 19 heavy (non-hydrogen) atoms. The van der Waals surface area contributed by atoms with Gasteiger partial charge in [-0.25, -0.2) is 12.8 Å². The molecule has 0 aliphatic heterocycles. The lowest BCUT2D eigenvalue weighted by Gasteiger charge is -2.36. The molecule has 1 aromatic carbocycles. The van der Waals surface area contributed by atoms with Crippen LogP contribution in [0.5, 0.6) is 0 Å². The van der Waals surface area contributed by atoms with Crippen molar-refractivity contribution in [2.75, 3.05) is 13.1 Å². The monoisotopic (exact) mass is 288 g/mol. The lowest BCUT2D eigenvalue weighted by molar-refractivity contribution is 0.234. The molecule has 0 saturated heterocycles. The predicted octanol–water partition coefficient (Wildman–Crippen LogP) is 1.96. The molecular weight excluding hydrogens is 267 g/mol. The van der Waals surface area contributed by atoms with Gasteiger partial charge in [0.05, 0.1) is 0 Å². The van der Waals surface area contributed by atoms with Crippen LogP contribution in [-0.4, -0.2) is 31.4 Å². The zero-order valence-corrected chi connectivity index (χ0v) is 12.4. The Kier molecular flexibility index (Phi) is 5.06. The van der Waals surface area contributed by atoms with Gasteiger partial charge in [0.15, 0.2) is 0 Å². The lowest BCUT2D eigenvalue weighted by atomic mass is 10.1. The lowest BCUT2D eigenvalue weighted by Crippen LogP contribution is -2.52. The molecule has 0 aliphatic rings. The Balaban J connectivity index is 3.33. The summed E-state index contributed by atoms with van der Waals surface area (Å²) in [6.07, 6.45) is 0.636. The SMILES string of the molecule is CCCN(C(C)(C)CN)S(=O)(=O)c1ccccc1F. The van der Waals surface area contributed by atoms with E-state index in [2.05, 4.69) is 0 Å². The van der Waals surface area contributed by atoms with Gasteiger partial charge in [-0.05, 0) is 32.4 Å². The second kappa shape index (κ2) is 5.98. The number of rotatable bonds is 6. The van der Waals surface area contributed by atoms with E-state index >= 15 is 0 Å². The van der Waals surface area contributed by atoms with Gasteiger partial charge in [-0.3, -0.25) is 0 Å². The van der Waals surface area contributed by atoms with E-state index in [-0.39, 0.29) is 11.4 Å². The zero-order chi connectivity index (χ0) is 14.7. The molecule has 0 heterocycles. The highest BCUT2D eigenvalue weighted by Gasteiger charge is 2.36. The second-order valence-electron chi connectivity index (χ2n) is 5.02. The highest BCUT2D eigenvalue weighted by atomic mass is 32.2. The van der Waals surface area contributed by atoms with Gasteiger partial charge in [-0.1, -0.05) is 19.1 Å². The van der Waals surface area contributed by atoms with E-state index < -0.39 is 21.4 Å². The van der Waals surface area contributed by atoms with Gasteiger partial charge >= 0.3 is 0 Å². The first-order chi connectivity index (χ1) is 8.77. The molecule has 6 heteroatoms. The van der Waals surface area contributed by atoms with Crippen molar-refractivity contribution in [3.63, 3.8) is 0 Å². The molecule has 108 valence electrons. The van der Waals surface area contributed by atoms with Gasteiger partial charge in [0.1, 0.15) is 10.7 Å². The zero-order valence-electron chi connectivity index (χ0n) is 11.6. The molecule has 0 saturated carbocycles. The Morgan fingerprint density at radius 3 is 2.37 bits per heavy atom. The Morgan fingerprint density at radius 2 is 1.89 bits per heavy atom. The summed E-state index contributed by atoms with van der Waals surface area (Å²) in [6, 6.07) is 5.40. The summed E-state index contributed by atoms with van der Waals surface area (Å²) in [6.45, 7) is 5.82. The minimum atomic E-state index is -3.89. The molecule has 0 bridgehead atoms. The quantitative estimate of drug-likeness (QED) is 0.870. The third-order valence-corrected chi connectivity index (χ3v) is 5.15. The van der Waals surface area contributed by atoms with Crippen LogP contribution in [0.3, 0.4) is 0 Å². The van der Waals surface area contributed by atoms with Crippen molar-refractivity contribution in [3.8, 4) is 0 Å². The fraction of sp³-hybridized carbons (Fsp3) is 0.538. The molecule has 0 amide bonds. The minimum absolute atomic E-state index is 0.167. The van der Waals surface area contributed by atoms with E-state index in [9.17, 15) is 12.8 Å². The van der Waals surface area contributed by atoms with Gasteiger partial charge in [0, 0.05) is 18.6 Å². The van der Waals surface area contributed by atoms with Crippen LogP contribution in [0.1, 0.15) is 27.2 Å². The average molecular weight is 288 g/mol. The summed E-state index contributed by atoms with van der Waals surface area (Å²) in [5.74, 6) is -0.739. The van der Waals surface area contributed by atoms with E-state index in [1.54, 1.807) is 13.8 Å². The van der Waals surface area contributed by atoms with Crippen LogP contribution in [0.25, 0.3) is 0 Å². The third-order valence-electron chi connectivity index (χ3n) is 3.01. The minimum Gasteiger partial charge on any atom is -0.329 e. The highest BCUT2D eigenvalue weighted by molar-refractivity contribution is 7.89. The standard InChI is InChI=1S/C13H21FN2O2S/c1-4-9-16(13(2,3)10-15)19(17,18)12-8-6-5-7-11(12)14/h5-8H,4,9-10,15H2,1-3H3. The number of nitrogens with two attached hydrogens (primary N) is 1. The third kappa shape index (κ3) is 3.32. The van der Waals surface area contributed by atoms with Gasteiger partial charge in [-0.15, -0.1) is 0 Å². The Hall–Kier alpha value is -0.980. The van der Waals surface area contributed by atoms with Crippen molar-refractivity contribution in [1.82, 2.24) is 4.31 Å². The summed E-state index contributed by atoms with van der Waals surface area (Å²) in [5.41, 5.74) is 4.90. The number of hydrogen-bond donors (Lipinski definition) is 1. The fourth-order valence-corrected chi connectivity index (χ4v) is 3.78. The van der Waals surface area contributed by atoms with E-state index in [1.807, 2.05) is 6.92 Å². The smallest absolute Gasteiger partial charge is 0.246 e. The van der Waals surface area contributed by atoms with Gasteiger partial charge in [0.2, 0.25) is 10.0 Å². The summed E-state index contributed by atoms with van der Waals surface area (Å²) < 4.78 is 40.2. The van der Waals surface area contributed by atoms with Crippen LogP contribution < -0.4 is 5.73 Å². The molecule has 2 N–H and O–H groups in total. The number of halogens is 1. The largest absolute Gasteiger partial charge is 0.329 e. The number of sulfonamides is 1. The Labute approximate surface area is 114 Å². The Morgan fingerprint density at radius 1 is 1.32 bits per heavy atom. The molecule has 0 aromatic heterocycles. The molecule has 0 atom stereocenters. The van der Waals surface area contributed by atoms with Gasteiger partial charge < -0.3 is 5.73 Å². The Bertz CT molecular complexity index is 529. The van der Waals surface area contributed by atoms with Crippen LogP contribution in [0, 0.1) is 5.82 Å². The molecule has 0 unspecified atom stereocenters. The molecule has 0 aliphatic carbocycles. The van der Waals surface area contributed by atoms with Crippen LogP contribution in [0.4, 0.5) is 4.39 Å². The van der Waals surface area contributed by atoms with Crippen LogP contribution in [-0.2, 0) is 10.0 Å². The average Bonchev–Trinajstić information content (AvgIpc) is 2.35. The van der Waals surface area contributed by atoms with Gasteiger partial charge in [0.25, 0.3) is 0 Å². The fourth-order valence-electron chi connectivity index (χ4n) is 1.83. The summed E-state index contributed by atoms with van der Waals surface area (Å²) in [5, 5.41) is 0. The summed E-state index contributed by atoms with van der Waals surface area (Å²) in [4.78, 5) is -0.301. The topological polar surface area (TPSA) is 63.4 Å². The van der Waals surface area contributed by atoms with Crippen molar-refractivity contribution < 1.29 is 12.8 Å². The maximum atomic E-state index is 13.7. The first-order valence-electron chi connectivity index (χ1n) is 6.25. The van der Waals surface area contributed by atoms with E-state index in [4.69, 9.17) is 5.73 Å². The van der Waals surface area contributed by atoms with Crippen molar-refractivity contribution in [2.24, 2.45) is 5.73 Å². The molecule has 4 nitrogen and oxygen atoms in total. The van der Waals surface area contributed by atoms with Crippen molar-refractivity contribution >= 4 is 10.0 Å². The van der Waals surface area contributed by atoms with E-state index in [0.717, 1.165) is 6.07 Å². The molecular formula is C13H21FN2O2S. The second-order valence-corrected chi connectivity index (χ2v) is 6.85. The van der Waals surface area contributed by atoms with E-state index in [1.165, 1.54) is 22.5 Å². The molecule has 0 fully saturated rings. The van der Waals surface area contributed by atoms with Gasteiger partial charge in [-0.2, -0.15) is 4.31 Å². The normalized spacial score (nSPS) is 12.9.